The highest BCUT2D eigenvalue weighted by atomic mass is 16.5. The molecule has 0 amide bonds. The van der Waals surface area contributed by atoms with Gasteiger partial charge in [-0.1, -0.05) is 206 Å². The molecule has 2 heterocycles. The van der Waals surface area contributed by atoms with E-state index < -0.39 is 5.41 Å². The second-order valence-corrected chi connectivity index (χ2v) is 15.9. The largest absolute Gasteiger partial charge is 0.456 e. The van der Waals surface area contributed by atoms with Gasteiger partial charge in [0.25, 0.3) is 0 Å². The van der Waals surface area contributed by atoms with Crippen molar-refractivity contribution in [3.05, 3.63) is 247 Å². The van der Waals surface area contributed by atoms with Crippen LogP contribution in [0.15, 0.2) is 224 Å². The van der Waals surface area contributed by atoms with Gasteiger partial charge in [0.2, 0.25) is 0 Å². The van der Waals surface area contributed by atoms with Crippen LogP contribution in [0.25, 0.3) is 78.7 Å². The van der Waals surface area contributed by atoms with E-state index in [0.29, 0.717) is 17.5 Å². The van der Waals surface area contributed by atoms with Gasteiger partial charge >= 0.3 is 0 Å². The molecule has 12 rings (SSSR count). The van der Waals surface area contributed by atoms with Crippen LogP contribution in [0, 0.1) is 0 Å². The van der Waals surface area contributed by atoms with Gasteiger partial charge in [0.1, 0.15) is 11.5 Å². The molecule has 0 N–H and O–H groups in total. The minimum absolute atomic E-state index is 0.523. The van der Waals surface area contributed by atoms with E-state index in [1.807, 2.05) is 36.4 Å². The van der Waals surface area contributed by atoms with E-state index in [4.69, 9.17) is 19.7 Å². The highest BCUT2D eigenvalue weighted by Crippen LogP contribution is 2.63. The fourth-order valence-corrected chi connectivity index (χ4v) is 9.60. The SMILES string of the molecule is c1ccc(-c2ccc(-c3nc(-c4ccccc4)nc(-c4cccc(-c5cccc(-c6cccc7c6Oc6ccccc6C76c7ccccc7-c7ccccc76)c5)c4)n3)cc2)cc1. The molecule has 1 aliphatic carbocycles. The lowest BCUT2D eigenvalue weighted by molar-refractivity contribution is 0.438. The van der Waals surface area contributed by atoms with Crippen molar-refractivity contribution in [2.45, 2.75) is 5.41 Å². The van der Waals surface area contributed by atoms with E-state index in [9.17, 15) is 0 Å². The summed E-state index contributed by atoms with van der Waals surface area (Å²) in [6, 6.07) is 79.1. The van der Waals surface area contributed by atoms with Crippen LogP contribution in [-0.4, -0.2) is 15.0 Å². The average Bonchev–Trinajstić information content (AvgIpc) is 3.65. The first-order valence-corrected chi connectivity index (χ1v) is 21.0. The van der Waals surface area contributed by atoms with Gasteiger partial charge in [-0.05, 0) is 68.3 Å². The molecule has 0 fully saturated rings. The van der Waals surface area contributed by atoms with Crippen LogP contribution >= 0.6 is 0 Å². The van der Waals surface area contributed by atoms with Crippen molar-refractivity contribution >= 4 is 0 Å². The van der Waals surface area contributed by atoms with Gasteiger partial charge in [-0.3, -0.25) is 0 Å². The minimum atomic E-state index is -0.523. The molecule has 10 aromatic rings. The molecule has 0 atom stereocenters. The van der Waals surface area contributed by atoms with Crippen LogP contribution in [0.5, 0.6) is 11.5 Å². The fraction of sp³-hybridized carbons (Fsp3) is 0.0172. The summed E-state index contributed by atoms with van der Waals surface area (Å²) in [6.45, 7) is 0. The van der Waals surface area contributed by atoms with Crippen molar-refractivity contribution in [1.29, 1.82) is 0 Å². The molecule has 0 saturated carbocycles. The number of nitrogens with zero attached hydrogens (tertiary/aromatic N) is 3. The maximum atomic E-state index is 7.00. The molecule has 1 aromatic heterocycles. The molecule has 1 spiro atoms. The molecule has 4 heteroatoms. The van der Waals surface area contributed by atoms with E-state index in [2.05, 4.69) is 188 Å². The molecular weight excluding hydrogens is 755 g/mol. The van der Waals surface area contributed by atoms with Gasteiger partial charge in [-0.2, -0.15) is 0 Å². The Kier molecular flexibility index (Phi) is 8.36. The predicted octanol–water partition coefficient (Wildman–Crippen LogP) is 14.3. The number of hydrogen-bond donors (Lipinski definition) is 0. The van der Waals surface area contributed by atoms with Crippen LogP contribution in [0.3, 0.4) is 0 Å². The molecule has 0 unspecified atom stereocenters. The van der Waals surface area contributed by atoms with Gasteiger partial charge in [-0.25, -0.2) is 15.0 Å². The lowest BCUT2D eigenvalue weighted by Crippen LogP contribution is -2.32. The molecule has 2 aliphatic rings. The summed E-state index contributed by atoms with van der Waals surface area (Å²) in [4.78, 5) is 15.1. The van der Waals surface area contributed by atoms with E-state index in [1.54, 1.807) is 0 Å². The first-order chi connectivity index (χ1) is 30.7. The standard InChI is InChI=1S/C58H37N3O/c1-3-16-38(17-4-1)39-32-34-41(35-33-39)56-59-55(40-18-5-2-6-19-40)60-57(61-56)45-23-14-21-43(37-45)42-20-13-22-44(36-42)46-26-15-30-52-54(46)62-53-31-12-11-29-51(53)58(52)49-27-9-7-24-47(49)48-25-8-10-28-50(48)58/h1-37H. The highest BCUT2D eigenvalue weighted by molar-refractivity contribution is 5.91. The van der Waals surface area contributed by atoms with Crippen molar-refractivity contribution in [1.82, 2.24) is 15.0 Å². The van der Waals surface area contributed by atoms with Crippen molar-refractivity contribution < 1.29 is 4.74 Å². The zero-order valence-electron chi connectivity index (χ0n) is 33.6. The summed E-state index contributed by atoms with van der Waals surface area (Å²) in [5, 5.41) is 0. The second-order valence-electron chi connectivity index (χ2n) is 15.9. The Labute approximate surface area is 360 Å². The maximum absolute atomic E-state index is 7.00. The quantitative estimate of drug-likeness (QED) is 0.168. The smallest absolute Gasteiger partial charge is 0.164 e. The molecule has 0 radical (unpaired) electrons. The van der Waals surface area contributed by atoms with Crippen LogP contribution in [0.1, 0.15) is 22.3 Å². The monoisotopic (exact) mass is 791 g/mol. The lowest BCUT2D eigenvalue weighted by atomic mass is 9.65. The normalized spacial score (nSPS) is 12.8. The second kappa shape index (κ2) is 14.5. The third kappa shape index (κ3) is 5.72. The summed E-state index contributed by atoms with van der Waals surface area (Å²) in [7, 11) is 0. The van der Waals surface area contributed by atoms with Crippen molar-refractivity contribution in [3.63, 3.8) is 0 Å². The number of rotatable bonds is 6. The van der Waals surface area contributed by atoms with Gasteiger partial charge < -0.3 is 4.74 Å². The Morgan fingerprint density at radius 2 is 0.677 bits per heavy atom. The predicted molar refractivity (Wildman–Crippen MR) is 250 cm³/mol. The summed E-state index contributed by atoms with van der Waals surface area (Å²) in [5.74, 6) is 3.63. The summed E-state index contributed by atoms with van der Waals surface area (Å²) in [5.41, 5.74) is 16.2. The number of aromatic nitrogens is 3. The van der Waals surface area contributed by atoms with Crippen LogP contribution in [0.2, 0.25) is 0 Å². The Balaban J connectivity index is 0.957. The fourth-order valence-electron chi connectivity index (χ4n) is 9.60. The van der Waals surface area contributed by atoms with Gasteiger partial charge in [0.15, 0.2) is 17.5 Å². The van der Waals surface area contributed by atoms with E-state index >= 15 is 0 Å². The third-order valence-corrected chi connectivity index (χ3v) is 12.4. The zero-order valence-corrected chi connectivity index (χ0v) is 33.6. The van der Waals surface area contributed by atoms with Crippen LogP contribution < -0.4 is 4.74 Å². The lowest BCUT2D eigenvalue weighted by Gasteiger charge is -2.40. The Bertz CT molecular complexity index is 3280. The Hall–Kier alpha value is -8.21. The van der Waals surface area contributed by atoms with Gasteiger partial charge in [0, 0.05) is 33.4 Å². The minimum Gasteiger partial charge on any atom is -0.456 e. The van der Waals surface area contributed by atoms with Gasteiger partial charge in [0.05, 0.1) is 5.41 Å². The topological polar surface area (TPSA) is 47.9 Å². The molecule has 9 aromatic carbocycles. The van der Waals surface area contributed by atoms with Crippen LogP contribution in [0.4, 0.5) is 0 Å². The average molecular weight is 792 g/mol. The first-order valence-electron chi connectivity index (χ1n) is 21.0. The van der Waals surface area contributed by atoms with Crippen molar-refractivity contribution in [2.24, 2.45) is 0 Å². The number of fused-ring (bicyclic) bond motifs is 9. The van der Waals surface area contributed by atoms with E-state index in [-0.39, 0.29) is 0 Å². The summed E-state index contributed by atoms with van der Waals surface area (Å²) >= 11 is 0. The van der Waals surface area contributed by atoms with Crippen molar-refractivity contribution in [3.8, 4) is 90.2 Å². The number of ether oxygens (including phenoxy) is 1. The Morgan fingerprint density at radius 1 is 0.274 bits per heavy atom. The van der Waals surface area contributed by atoms with Crippen molar-refractivity contribution in [2.75, 3.05) is 0 Å². The number of hydrogen-bond acceptors (Lipinski definition) is 4. The summed E-state index contributed by atoms with van der Waals surface area (Å²) < 4.78 is 7.00. The third-order valence-electron chi connectivity index (χ3n) is 12.4. The first kappa shape index (κ1) is 35.7. The molecule has 1 aliphatic heterocycles. The summed E-state index contributed by atoms with van der Waals surface area (Å²) in [6.07, 6.45) is 0. The maximum Gasteiger partial charge on any atom is 0.164 e. The highest BCUT2D eigenvalue weighted by Gasteiger charge is 2.51. The molecule has 62 heavy (non-hydrogen) atoms. The number of benzene rings is 9. The molecule has 0 saturated heterocycles. The molecule has 4 nitrogen and oxygen atoms in total. The van der Waals surface area contributed by atoms with Crippen LogP contribution in [-0.2, 0) is 5.41 Å². The van der Waals surface area contributed by atoms with Gasteiger partial charge in [-0.15, -0.1) is 0 Å². The zero-order chi connectivity index (χ0) is 41.0. The molecule has 290 valence electrons. The molecule has 0 bridgehead atoms. The number of para-hydroxylation sites is 2. The van der Waals surface area contributed by atoms with E-state index in [0.717, 1.165) is 67.1 Å². The molecular formula is C58H37N3O. The van der Waals surface area contributed by atoms with E-state index in [1.165, 1.54) is 27.8 Å². The Morgan fingerprint density at radius 3 is 1.34 bits per heavy atom.